The fourth-order valence-corrected chi connectivity index (χ4v) is 12.1. The van der Waals surface area contributed by atoms with E-state index in [1.165, 1.54) is 26.2 Å². The minimum atomic E-state index is -1.11. The zero-order chi connectivity index (χ0) is 70.1. The highest BCUT2D eigenvalue weighted by atomic mass is 16.6. The number of hydrogen-bond acceptors (Lipinski definition) is 15. The topological polar surface area (TPSA) is 359 Å². The molecule has 27 nitrogen and oxygen atoms in total. The molecule has 0 radical (unpaired) electrons. The van der Waals surface area contributed by atoms with E-state index >= 15 is 0 Å². The van der Waals surface area contributed by atoms with Crippen LogP contribution in [0.25, 0.3) is 0 Å². The Hall–Kier alpha value is -7.91. The maximum Gasteiger partial charge on any atom is 0.410 e. The van der Waals surface area contributed by atoms with Crippen molar-refractivity contribution in [3.63, 3.8) is 0 Å². The Bertz CT molecular complexity index is 2830. The number of ether oxygens (including phenoxy) is 3. The first-order valence-electron chi connectivity index (χ1n) is 32.9. The van der Waals surface area contributed by atoms with Crippen molar-refractivity contribution in [1.29, 1.82) is 0 Å². The van der Waals surface area contributed by atoms with Gasteiger partial charge in [-0.05, 0) is 92.4 Å². The molecule has 2 aromatic rings. The highest BCUT2D eigenvalue weighted by molar-refractivity contribution is 6.02. The van der Waals surface area contributed by atoms with E-state index in [2.05, 4.69) is 37.2 Å². The van der Waals surface area contributed by atoms with Crippen molar-refractivity contribution in [1.82, 2.24) is 51.5 Å². The fourth-order valence-electron chi connectivity index (χ4n) is 12.1. The summed E-state index contributed by atoms with van der Waals surface area (Å²) in [7, 11) is 6.08. The number of amides is 13. The summed E-state index contributed by atoms with van der Waals surface area (Å²) >= 11 is 0. The highest BCUT2D eigenvalue weighted by Crippen LogP contribution is 2.31. The molecule has 2 saturated heterocycles. The lowest BCUT2D eigenvalue weighted by molar-refractivity contribution is -0.148. The monoisotopic (exact) mass is 1320 g/mol. The van der Waals surface area contributed by atoms with Gasteiger partial charge < -0.3 is 72.1 Å². The van der Waals surface area contributed by atoms with E-state index < -0.39 is 120 Å². The second-order valence-corrected chi connectivity index (χ2v) is 25.8. The molecule has 10 N–H and O–H groups in total. The second-order valence-electron chi connectivity index (χ2n) is 25.8. The van der Waals surface area contributed by atoms with E-state index in [-0.39, 0.29) is 87.4 Å². The van der Waals surface area contributed by atoms with Gasteiger partial charge in [0.2, 0.25) is 47.3 Å². The molecule has 2 heterocycles. The molecule has 0 aliphatic carbocycles. The number of likely N-dealkylation sites (tertiary alicyclic amines) is 1. The number of unbranched alkanes of at least 4 members (excludes halogenated alkanes) is 2. The smallest absolute Gasteiger partial charge is 0.410 e. The molecular formula is C67H106N12O15. The van der Waals surface area contributed by atoms with Gasteiger partial charge in [0.05, 0.1) is 55.3 Å². The number of imide groups is 1. The number of nitrogens with zero attached hydrogens (tertiary/aromatic N) is 4. The van der Waals surface area contributed by atoms with Crippen molar-refractivity contribution in [2.75, 3.05) is 59.8 Å². The third-order valence-corrected chi connectivity index (χ3v) is 17.8. The molecule has 0 unspecified atom stereocenters. The number of aliphatic hydroxyl groups excluding tert-OH is 1. The van der Waals surface area contributed by atoms with Crippen molar-refractivity contribution in [2.45, 2.75) is 201 Å². The van der Waals surface area contributed by atoms with Crippen molar-refractivity contribution in [3.05, 3.63) is 65.7 Å². The van der Waals surface area contributed by atoms with E-state index in [0.717, 1.165) is 4.90 Å². The summed E-state index contributed by atoms with van der Waals surface area (Å²) in [5, 5.41) is 30.1. The number of carbonyl (C=O) groups excluding carboxylic acids is 11. The van der Waals surface area contributed by atoms with Crippen molar-refractivity contribution in [2.24, 2.45) is 35.3 Å². The van der Waals surface area contributed by atoms with Crippen molar-refractivity contribution in [3.8, 4) is 0 Å². The van der Waals surface area contributed by atoms with E-state index in [1.807, 2.05) is 32.0 Å². The normalized spacial score (nSPS) is 17.5. The van der Waals surface area contributed by atoms with Gasteiger partial charge in [0.1, 0.15) is 30.8 Å². The zero-order valence-corrected chi connectivity index (χ0v) is 57.5. The molecule has 94 heavy (non-hydrogen) atoms. The number of nitrogens with two attached hydrogens (primary N) is 1. The molecular weight excluding hydrogens is 1210 g/mol. The Labute approximate surface area is 554 Å². The second kappa shape index (κ2) is 38.5. The number of likely N-dealkylation sites (N-methyl/N-ethyl adjacent to an activating group) is 2. The molecule has 2 aliphatic heterocycles. The predicted molar refractivity (Wildman–Crippen MR) is 353 cm³/mol. The molecule has 524 valence electrons. The van der Waals surface area contributed by atoms with Gasteiger partial charge in [-0.15, -0.1) is 0 Å². The van der Waals surface area contributed by atoms with Gasteiger partial charge in [-0.1, -0.05) is 118 Å². The van der Waals surface area contributed by atoms with Crippen LogP contribution in [0.2, 0.25) is 0 Å². The summed E-state index contributed by atoms with van der Waals surface area (Å²) < 4.78 is 17.7. The van der Waals surface area contributed by atoms with Gasteiger partial charge >= 0.3 is 18.2 Å². The maximum absolute atomic E-state index is 14.8. The Balaban J connectivity index is 1.37. The number of aliphatic hydroxyl groups is 1. The van der Waals surface area contributed by atoms with Gasteiger partial charge in [0.15, 0.2) is 0 Å². The quantitative estimate of drug-likeness (QED) is 0.0325. The lowest BCUT2D eigenvalue weighted by Crippen LogP contribution is -2.60. The van der Waals surface area contributed by atoms with E-state index in [0.29, 0.717) is 61.9 Å². The molecule has 13 amide bonds. The third-order valence-electron chi connectivity index (χ3n) is 17.8. The van der Waals surface area contributed by atoms with Crippen LogP contribution in [0.15, 0.2) is 54.6 Å². The number of benzene rings is 2. The number of primary amides is 1. The van der Waals surface area contributed by atoms with Crippen LogP contribution in [0.5, 0.6) is 0 Å². The van der Waals surface area contributed by atoms with E-state index in [4.69, 9.17) is 19.9 Å². The molecule has 12 atom stereocenters. The zero-order valence-electron chi connectivity index (χ0n) is 57.5. The summed E-state index contributed by atoms with van der Waals surface area (Å²) in [6.45, 7) is 18.6. The van der Waals surface area contributed by atoms with Crippen LogP contribution in [-0.2, 0) is 59.2 Å². The number of urea groups is 2. The lowest BCUT2D eigenvalue weighted by atomic mass is 9.89. The van der Waals surface area contributed by atoms with Crippen molar-refractivity contribution < 1.29 is 72.1 Å². The van der Waals surface area contributed by atoms with Gasteiger partial charge in [0, 0.05) is 60.1 Å². The Morgan fingerprint density at radius 2 is 1.40 bits per heavy atom. The van der Waals surface area contributed by atoms with Crippen LogP contribution < -0.4 is 43.0 Å². The summed E-state index contributed by atoms with van der Waals surface area (Å²) in [6.07, 6.45) is 0.513. The number of anilines is 1. The molecule has 2 fully saturated rings. The number of carbonyl (C=O) groups is 11. The summed E-state index contributed by atoms with van der Waals surface area (Å²) in [6, 6.07) is 8.29. The predicted octanol–water partition coefficient (Wildman–Crippen LogP) is 4.70. The minimum Gasteiger partial charge on any atom is -0.445 e. The van der Waals surface area contributed by atoms with Gasteiger partial charge in [0.25, 0.3) is 0 Å². The first-order valence-corrected chi connectivity index (χ1v) is 32.9. The molecule has 27 heteroatoms. The third kappa shape index (κ3) is 22.9. The molecule has 2 aliphatic rings. The average Bonchev–Trinajstić information content (AvgIpc) is 1.33. The van der Waals surface area contributed by atoms with Crippen molar-refractivity contribution >= 4 is 71.1 Å². The van der Waals surface area contributed by atoms with E-state index in [1.54, 1.807) is 109 Å². The summed E-state index contributed by atoms with van der Waals surface area (Å²) in [5.41, 5.74) is 6.77. The molecule has 0 saturated carbocycles. The Morgan fingerprint density at radius 3 is 1.98 bits per heavy atom. The van der Waals surface area contributed by atoms with Crippen LogP contribution in [0, 0.1) is 29.6 Å². The summed E-state index contributed by atoms with van der Waals surface area (Å²) in [5.74, 6) is -5.58. The van der Waals surface area contributed by atoms with Gasteiger partial charge in [-0.2, -0.15) is 0 Å². The first-order chi connectivity index (χ1) is 44.5. The Morgan fingerprint density at radius 1 is 0.745 bits per heavy atom. The van der Waals surface area contributed by atoms with E-state index in [9.17, 15) is 57.8 Å². The average molecular weight is 1320 g/mol. The number of hydrogen-bond donors (Lipinski definition) is 9. The molecule has 0 bridgehead atoms. The highest BCUT2D eigenvalue weighted by Gasteiger charge is 2.44. The Kier molecular flexibility index (Phi) is 32.1. The van der Waals surface area contributed by atoms with Gasteiger partial charge in [-0.25, -0.2) is 14.4 Å². The van der Waals surface area contributed by atoms with Gasteiger partial charge in [-0.3, -0.25) is 48.2 Å². The summed E-state index contributed by atoms with van der Waals surface area (Å²) in [4.78, 5) is 152. The van der Waals surface area contributed by atoms with Crippen LogP contribution in [0.4, 0.5) is 20.1 Å². The fraction of sp³-hybridized carbons (Fsp3) is 0.657. The standard InChI is InChI=1S/C67H106N12O15/c1-15-42(8)57(50(92-13)36-52(81)78-35-23-27-49(78)59(93-14)43(9)60(84)71-44(10)58(83)46-24-18-16-19-25-46)76(11)64(88)55(40(4)5)75-63(87)56(41(6)7)77(12)67(91)94-38-45-29-31-47(32-30-45)72-61(85)48(26-22-33-69-65(68)89)73-62(86)54(39(2)3)74-51(80)28-20-17-21-34-79-53(82)37-70-66(79)90/h16,18-19,24-25,29-32,39-44,48-50,54-59,83H,15,17,20-23,26-28,33-38H2,1-14H3,(H,70,90)(H,71,84)(H,72,85)(H,73,86)(H,74,80)(H,75,87)(H3,68,69,89)/t42-,43+,44+,48-,49-,50+,54-,55-,56-,57-,58+,59+/m0/s1. The minimum absolute atomic E-state index is 0.0375. The lowest BCUT2D eigenvalue weighted by Gasteiger charge is -2.41. The largest absolute Gasteiger partial charge is 0.445 e. The number of rotatable bonds is 38. The molecule has 4 rings (SSSR count). The maximum atomic E-state index is 14.8. The molecule has 2 aromatic carbocycles. The van der Waals surface area contributed by atoms with Crippen LogP contribution in [0.1, 0.15) is 151 Å². The number of methoxy groups -OCH3 is 2. The molecule has 0 spiro atoms. The van der Waals surface area contributed by atoms with Crippen LogP contribution >= 0.6 is 0 Å². The van der Waals surface area contributed by atoms with Crippen LogP contribution in [0.3, 0.4) is 0 Å². The van der Waals surface area contributed by atoms with Crippen LogP contribution in [-0.4, -0.2) is 199 Å². The first kappa shape index (κ1) is 78.5. The molecule has 0 aromatic heterocycles. The SMILES string of the molecule is CC[C@H](C)[C@@H]([C@@H](CC(=O)N1CCC[C@H]1[C@H](OC)[C@@H](C)C(=O)N[C@H](C)[C@@H](O)c1ccccc1)OC)N(C)C(=O)[C@@H](NC(=O)[C@H](C(C)C)N(C)C(=O)OCc1ccc(NC(=O)[C@H](CCCNC(N)=O)NC(=O)[C@@H](NC(=O)CCCCCN2C(=O)CNC2=O)C(C)C)cc1)C(C)C. The number of nitrogens with one attached hydrogen (secondary N) is 7.